The Hall–Kier alpha value is -2.87. The number of rotatable bonds is 5. The van der Waals surface area contributed by atoms with Crippen molar-refractivity contribution in [1.29, 1.82) is 0 Å². The Morgan fingerprint density at radius 1 is 1.22 bits per heavy atom. The third kappa shape index (κ3) is 4.07. The fraction of sp³-hybridized carbons (Fsp3) is 0.143. The van der Waals surface area contributed by atoms with Gasteiger partial charge >= 0.3 is 0 Å². The molecule has 116 valence electrons. The lowest BCUT2D eigenvalue weighted by molar-refractivity contribution is -0.116. The van der Waals surface area contributed by atoms with Gasteiger partial charge in [-0.3, -0.25) is 15.2 Å². The van der Waals surface area contributed by atoms with Crippen molar-refractivity contribution in [3.63, 3.8) is 0 Å². The maximum atomic E-state index is 11.9. The monoisotopic (exact) mass is 329 g/mol. The minimum Gasteiger partial charge on any atom is -0.293 e. The smallest absolute Gasteiger partial charge is 0.249 e. The Morgan fingerprint density at radius 2 is 2.13 bits per heavy atom. The summed E-state index contributed by atoms with van der Waals surface area (Å²) in [5.41, 5.74) is 1.67. The Kier molecular flexibility index (Phi) is 4.53. The van der Waals surface area contributed by atoms with E-state index in [9.17, 15) is 4.79 Å². The molecule has 23 heavy (non-hydrogen) atoms. The van der Waals surface area contributed by atoms with Gasteiger partial charge in [-0.15, -0.1) is 5.10 Å². The van der Waals surface area contributed by atoms with E-state index in [1.807, 2.05) is 6.07 Å². The molecule has 0 aliphatic rings. The average Bonchev–Trinajstić information content (AvgIpc) is 3.04. The van der Waals surface area contributed by atoms with Gasteiger partial charge in [-0.1, -0.05) is 17.7 Å². The molecule has 0 saturated carbocycles. The summed E-state index contributed by atoms with van der Waals surface area (Å²) < 4.78 is 0. The maximum Gasteiger partial charge on any atom is 0.249 e. The molecule has 1 amide bonds. The summed E-state index contributed by atoms with van der Waals surface area (Å²) in [5.74, 6) is 0.548. The summed E-state index contributed by atoms with van der Waals surface area (Å²) in [4.78, 5) is 20.1. The second-order valence-corrected chi connectivity index (χ2v) is 5.06. The Bertz CT molecular complexity index is 788. The van der Waals surface area contributed by atoms with Crippen LogP contribution in [0.3, 0.4) is 0 Å². The van der Waals surface area contributed by atoms with Crippen molar-refractivity contribution in [3.8, 4) is 11.4 Å². The minimum absolute atomic E-state index is 0.182. The van der Waals surface area contributed by atoms with Crippen molar-refractivity contribution >= 4 is 23.5 Å². The van der Waals surface area contributed by atoms with E-state index in [0.29, 0.717) is 23.8 Å². The van der Waals surface area contributed by atoms with Crippen molar-refractivity contribution in [1.82, 2.24) is 30.4 Å². The summed E-state index contributed by atoms with van der Waals surface area (Å²) >= 11 is 5.72. The van der Waals surface area contributed by atoms with E-state index in [1.165, 1.54) is 0 Å². The molecule has 0 aliphatic carbocycles. The molecule has 0 aromatic carbocycles. The first kappa shape index (κ1) is 15.0. The summed E-state index contributed by atoms with van der Waals surface area (Å²) in [6.45, 7) is 0. The lowest BCUT2D eigenvalue weighted by Crippen LogP contribution is -2.13. The highest BCUT2D eigenvalue weighted by atomic mass is 35.5. The quantitative estimate of drug-likeness (QED) is 0.692. The van der Waals surface area contributed by atoms with E-state index in [0.717, 1.165) is 11.1 Å². The van der Waals surface area contributed by atoms with Crippen LogP contribution in [-0.2, 0) is 11.2 Å². The van der Waals surface area contributed by atoms with Gasteiger partial charge in [0, 0.05) is 18.2 Å². The number of carbonyl (C=O) groups excluding carboxylic acids is 1. The van der Waals surface area contributed by atoms with E-state index in [4.69, 9.17) is 11.6 Å². The molecule has 3 aromatic heterocycles. The van der Waals surface area contributed by atoms with Crippen LogP contribution < -0.4 is 5.32 Å². The average molecular weight is 330 g/mol. The van der Waals surface area contributed by atoms with Crippen LogP contribution in [0.15, 0.2) is 36.8 Å². The van der Waals surface area contributed by atoms with Gasteiger partial charge in [0.25, 0.3) is 0 Å². The van der Waals surface area contributed by atoms with Crippen molar-refractivity contribution in [3.05, 3.63) is 47.5 Å². The third-order valence-electron chi connectivity index (χ3n) is 3.02. The number of aromatic amines is 1. The van der Waals surface area contributed by atoms with Crippen LogP contribution in [0.5, 0.6) is 0 Å². The number of amides is 1. The normalized spacial score (nSPS) is 10.5. The van der Waals surface area contributed by atoms with Crippen molar-refractivity contribution in [2.45, 2.75) is 12.8 Å². The first-order valence-electron chi connectivity index (χ1n) is 6.80. The van der Waals surface area contributed by atoms with E-state index < -0.39 is 0 Å². The van der Waals surface area contributed by atoms with Gasteiger partial charge in [0.05, 0.1) is 12.4 Å². The van der Waals surface area contributed by atoms with E-state index in [1.54, 1.807) is 30.7 Å². The van der Waals surface area contributed by atoms with Crippen molar-refractivity contribution in [2.24, 2.45) is 0 Å². The van der Waals surface area contributed by atoms with E-state index in [-0.39, 0.29) is 11.9 Å². The summed E-state index contributed by atoms with van der Waals surface area (Å²) in [5, 5.41) is 17.2. The van der Waals surface area contributed by atoms with Crippen LogP contribution in [0, 0.1) is 0 Å². The molecule has 3 heterocycles. The number of aromatic nitrogens is 6. The molecule has 0 atom stereocenters. The fourth-order valence-electron chi connectivity index (χ4n) is 1.88. The number of aryl methyl sites for hydroxylation is 1. The number of hydrogen-bond acceptors (Lipinski definition) is 6. The number of nitrogens with zero attached hydrogens (tertiary/aromatic N) is 5. The number of nitrogens with one attached hydrogen (secondary N) is 2. The first-order valence-corrected chi connectivity index (χ1v) is 7.18. The lowest BCUT2D eigenvalue weighted by Gasteiger charge is -2.01. The highest BCUT2D eigenvalue weighted by Gasteiger charge is 2.09. The van der Waals surface area contributed by atoms with Gasteiger partial charge in [0.2, 0.25) is 11.9 Å². The number of H-pyrrole nitrogens is 1. The number of pyridine rings is 1. The Balaban J connectivity index is 1.56. The first-order chi connectivity index (χ1) is 11.2. The molecule has 0 radical (unpaired) electrons. The molecule has 0 aliphatic heterocycles. The molecule has 9 heteroatoms. The van der Waals surface area contributed by atoms with Crippen LogP contribution in [0.25, 0.3) is 11.4 Å². The summed E-state index contributed by atoms with van der Waals surface area (Å²) in [6, 6.07) is 5.27. The van der Waals surface area contributed by atoms with Crippen molar-refractivity contribution < 1.29 is 4.79 Å². The molecule has 0 fully saturated rings. The highest BCUT2D eigenvalue weighted by molar-refractivity contribution is 6.29. The molecule has 2 N–H and O–H groups in total. The Morgan fingerprint density at radius 3 is 2.87 bits per heavy atom. The van der Waals surface area contributed by atoms with Crippen LogP contribution in [0.1, 0.15) is 12.0 Å². The standard InChI is InChI=1S/C14H12ClN7O/c15-11-3-1-9(7-16-11)2-4-12(23)19-14-20-13(21-22-14)10-5-6-17-18-8-10/h1,3,5-8H,2,4H2,(H2,19,20,21,22,23). The number of carbonyl (C=O) groups is 1. The molecule has 0 spiro atoms. The van der Waals surface area contributed by atoms with Gasteiger partial charge in [0.1, 0.15) is 5.15 Å². The maximum absolute atomic E-state index is 11.9. The fourth-order valence-corrected chi connectivity index (χ4v) is 1.99. The number of halogens is 1. The zero-order valence-electron chi connectivity index (χ0n) is 11.9. The molecule has 8 nitrogen and oxygen atoms in total. The molecular weight excluding hydrogens is 318 g/mol. The molecule has 3 aromatic rings. The zero-order valence-corrected chi connectivity index (χ0v) is 12.7. The zero-order chi connectivity index (χ0) is 16.1. The number of hydrogen-bond donors (Lipinski definition) is 2. The van der Waals surface area contributed by atoms with Gasteiger partial charge in [0.15, 0.2) is 5.82 Å². The molecule has 0 unspecified atom stereocenters. The third-order valence-corrected chi connectivity index (χ3v) is 3.25. The van der Waals surface area contributed by atoms with Gasteiger partial charge < -0.3 is 0 Å². The van der Waals surface area contributed by atoms with Crippen LogP contribution in [-0.4, -0.2) is 36.3 Å². The van der Waals surface area contributed by atoms with Crippen LogP contribution in [0.4, 0.5) is 5.95 Å². The topological polar surface area (TPSA) is 109 Å². The van der Waals surface area contributed by atoms with Gasteiger partial charge in [-0.2, -0.15) is 15.2 Å². The second kappa shape index (κ2) is 6.93. The van der Waals surface area contributed by atoms with Gasteiger partial charge in [-0.25, -0.2) is 4.98 Å². The second-order valence-electron chi connectivity index (χ2n) is 4.68. The lowest BCUT2D eigenvalue weighted by atomic mass is 10.1. The molecule has 3 rings (SSSR count). The van der Waals surface area contributed by atoms with E-state index >= 15 is 0 Å². The van der Waals surface area contributed by atoms with Crippen molar-refractivity contribution in [2.75, 3.05) is 5.32 Å². The highest BCUT2D eigenvalue weighted by Crippen LogP contribution is 2.13. The Labute approximate surface area is 136 Å². The predicted octanol–water partition coefficient (Wildman–Crippen LogP) is 1.88. The van der Waals surface area contributed by atoms with E-state index in [2.05, 4.69) is 35.7 Å². The predicted molar refractivity (Wildman–Crippen MR) is 83.6 cm³/mol. The molecule has 0 bridgehead atoms. The molecule has 0 saturated heterocycles. The van der Waals surface area contributed by atoms with Crippen LogP contribution in [0.2, 0.25) is 5.15 Å². The van der Waals surface area contributed by atoms with Gasteiger partial charge in [-0.05, 0) is 24.1 Å². The molecular formula is C14H12ClN7O. The largest absolute Gasteiger partial charge is 0.293 e. The number of anilines is 1. The minimum atomic E-state index is -0.182. The van der Waals surface area contributed by atoms with Crippen LogP contribution >= 0.6 is 11.6 Å². The summed E-state index contributed by atoms with van der Waals surface area (Å²) in [6.07, 6.45) is 5.61. The summed E-state index contributed by atoms with van der Waals surface area (Å²) in [7, 11) is 0. The SMILES string of the molecule is O=C(CCc1ccc(Cl)nc1)Nc1n[nH]c(-c2ccnnc2)n1.